The molecular weight excluding hydrogens is 753 g/mol. The predicted molar refractivity (Wildman–Crippen MR) is 220 cm³/mol. The van der Waals surface area contributed by atoms with Crippen LogP contribution in [-0.4, -0.2) is 68.4 Å². The second kappa shape index (κ2) is 28.6. The van der Waals surface area contributed by atoms with Crippen molar-refractivity contribution in [3.05, 3.63) is 16.7 Å². The Labute approximate surface area is 339 Å². The number of nitrogens with zero attached hydrogens (tertiary/aromatic N) is 3. The number of imidazole rings is 1. The fraction of sp³-hybridized carbons (Fsp3) is 0.829. The van der Waals surface area contributed by atoms with Crippen molar-refractivity contribution in [2.75, 3.05) is 25.6 Å². The van der Waals surface area contributed by atoms with Gasteiger partial charge in [-0.25, -0.2) is 9.55 Å². The normalized spacial score (nSPS) is 17.2. The number of ether oxygens (including phenoxy) is 3. The van der Waals surface area contributed by atoms with Crippen molar-refractivity contribution in [1.29, 1.82) is 0 Å². The minimum absolute atomic E-state index is 0.0531. The summed E-state index contributed by atoms with van der Waals surface area (Å²) in [5.74, 6) is -0.949. The van der Waals surface area contributed by atoms with E-state index in [0.717, 1.165) is 38.5 Å². The number of carbonyl (C=O) groups is 2. The molecule has 0 bridgehead atoms. The molecule has 2 aromatic rings. The highest BCUT2D eigenvalue weighted by Gasteiger charge is 2.32. The molecule has 0 aliphatic carbocycles. The van der Waals surface area contributed by atoms with Crippen LogP contribution in [0, 0.1) is 0 Å². The first-order chi connectivity index (χ1) is 27.6. The molecule has 2 aromatic heterocycles. The second-order valence-corrected chi connectivity index (χ2v) is 16.9. The van der Waals surface area contributed by atoms with E-state index in [4.69, 9.17) is 29.0 Å². The molecule has 1 fully saturated rings. The fourth-order valence-electron chi connectivity index (χ4n) is 7.05. The maximum Gasteiger partial charge on any atom is 0.472 e. The topological polar surface area (TPSA) is 207 Å². The number of rotatable bonds is 34. The lowest BCUT2D eigenvalue weighted by atomic mass is 10.1. The summed E-state index contributed by atoms with van der Waals surface area (Å²) in [6.45, 7) is 3.39. The zero-order valence-electron chi connectivity index (χ0n) is 34.8. The summed E-state index contributed by atoms with van der Waals surface area (Å²) in [5, 5.41) is 0. The first kappa shape index (κ1) is 48.5. The van der Waals surface area contributed by atoms with Gasteiger partial charge >= 0.3 is 19.8 Å². The van der Waals surface area contributed by atoms with Gasteiger partial charge in [0.25, 0.3) is 5.56 Å². The maximum absolute atomic E-state index is 12.9. The van der Waals surface area contributed by atoms with Gasteiger partial charge in [-0.1, -0.05) is 142 Å². The highest BCUT2D eigenvalue weighted by atomic mass is 31.2. The minimum atomic E-state index is -4.62. The van der Waals surface area contributed by atoms with Crippen LogP contribution >= 0.6 is 7.82 Å². The minimum Gasteiger partial charge on any atom is -0.462 e. The number of aromatic nitrogens is 4. The van der Waals surface area contributed by atoms with Gasteiger partial charge in [-0.15, -0.1) is 0 Å². The number of carbonyl (C=O) groups excluding carboxylic acids is 2. The van der Waals surface area contributed by atoms with Crippen molar-refractivity contribution in [2.45, 2.75) is 199 Å². The predicted octanol–water partition coefficient (Wildman–Crippen LogP) is 9.37. The Balaban J connectivity index is 1.39. The van der Waals surface area contributed by atoms with Gasteiger partial charge in [-0.2, -0.15) is 4.98 Å². The molecule has 4 atom stereocenters. The lowest BCUT2D eigenvalue weighted by molar-refractivity contribution is -0.161. The van der Waals surface area contributed by atoms with E-state index in [1.807, 2.05) is 0 Å². The van der Waals surface area contributed by atoms with Crippen molar-refractivity contribution in [3.8, 4) is 0 Å². The number of nitrogens with two attached hydrogens (primary N) is 1. The summed E-state index contributed by atoms with van der Waals surface area (Å²) in [7, 11) is -4.62. The first-order valence-electron chi connectivity index (χ1n) is 22.0. The van der Waals surface area contributed by atoms with Crippen LogP contribution in [0.5, 0.6) is 0 Å². The molecule has 15 nitrogen and oxygen atoms in total. The van der Waals surface area contributed by atoms with Crippen molar-refractivity contribution in [1.82, 2.24) is 19.5 Å². The Bertz CT molecular complexity index is 1520. The Morgan fingerprint density at radius 3 is 1.91 bits per heavy atom. The van der Waals surface area contributed by atoms with Crippen LogP contribution in [0.25, 0.3) is 11.2 Å². The van der Waals surface area contributed by atoms with E-state index in [0.29, 0.717) is 25.7 Å². The summed E-state index contributed by atoms with van der Waals surface area (Å²) in [6.07, 6.45) is 26.2. The van der Waals surface area contributed by atoms with Gasteiger partial charge in [-0.3, -0.25) is 33.0 Å². The molecule has 16 heteroatoms. The molecule has 3 rings (SSSR count). The standard InChI is InChI=1S/C41H72N5O10P/c1-3-5-7-9-11-13-15-17-19-21-23-25-36(47)52-29-34(56-37(48)26-24-22-20-18-16-14-12-10-8-6-4-2)31-54-57(50,51)53-30-33-27-28-35(55-33)46-32-43-38-39(46)44-41(42)45-40(38)49/h32-35H,3-31H2,1-2H3,(H,50,51)(H3,42,44,45,49)/t33-,34-,35-/m1/s1. The van der Waals surface area contributed by atoms with Gasteiger partial charge in [0, 0.05) is 12.8 Å². The van der Waals surface area contributed by atoms with E-state index in [9.17, 15) is 23.8 Å². The van der Waals surface area contributed by atoms with Gasteiger partial charge in [0.2, 0.25) is 5.95 Å². The number of nitrogen functional groups attached to an aromatic ring is 1. The molecule has 0 saturated carbocycles. The molecule has 1 saturated heterocycles. The van der Waals surface area contributed by atoms with Crippen LogP contribution < -0.4 is 11.3 Å². The van der Waals surface area contributed by atoms with Gasteiger partial charge in [0.15, 0.2) is 17.3 Å². The largest absolute Gasteiger partial charge is 0.472 e. The summed E-state index contributed by atoms with van der Waals surface area (Å²) in [6, 6.07) is 0. The highest BCUT2D eigenvalue weighted by molar-refractivity contribution is 7.47. The number of phosphoric ester groups is 1. The Kier molecular flexibility index (Phi) is 24.3. The van der Waals surface area contributed by atoms with Gasteiger partial charge in [0.05, 0.1) is 25.6 Å². The number of esters is 2. The fourth-order valence-corrected chi connectivity index (χ4v) is 7.83. The molecule has 3 heterocycles. The average molecular weight is 826 g/mol. The van der Waals surface area contributed by atoms with Crippen molar-refractivity contribution in [3.63, 3.8) is 0 Å². The van der Waals surface area contributed by atoms with Crippen LogP contribution in [-0.2, 0) is 37.4 Å². The van der Waals surface area contributed by atoms with Crippen LogP contribution in [0.2, 0.25) is 0 Å². The molecule has 0 radical (unpaired) electrons. The number of anilines is 1. The van der Waals surface area contributed by atoms with Gasteiger partial charge in [-0.05, 0) is 25.7 Å². The third-order valence-corrected chi connectivity index (χ3v) is 11.3. The first-order valence-corrected chi connectivity index (χ1v) is 23.5. The van der Waals surface area contributed by atoms with E-state index in [1.165, 1.54) is 96.2 Å². The molecule has 326 valence electrons. The number of H-pyrrole nitrogens is 1. The Morgan fingerprint density at radius 1 is 0.825 bits per heavy atom. The molecule has 0 amide bonds. The van der Waals surface area contributed by atoms with E-state index in [-0.39, 0.29) is 43.2 Å². The van der Waals surface area contributed by atoms with Crippen LogP contribution in [0.3, 0.4) is 0 Å². The summed E-state index contributed by atoms with van der Waals surface area (Å²) in [4.78, 5) is 58.7. The Hall–Kier alpha value is -2.84. The monoisotopic (exact) mass is 826 g/mol. The van der Waals surface area contributed by atoms with Crippen LogP contribution in [0.15, 0.2) is 11.1 Å². The molecule has 57 heavy (non-hydrogen) atoms. The van der Waals surface area contributed by atoms with Crippen molar-refractivity contribution >= 4 is 36.9 Å². The summed E-state index contributed by atoms with van der Waals surface area (Å²) >= 11 is 0. The summed E-state index contributed by atoms with van der Waals surface area (Å²) < 4.78 is 42.0. The number of aromatic amines is 1. The van der Waals surface area contributed by atoms with E-state index >= 15 is 0 Å². The molecule has 1 unspecified atom stereocenters. The quantitative estimate of drug-likeness (QED) is 0.0342. The second-order valence-electron chi connectivity index (χ2n) is 15.5. The molecule has 0 aromatic carbocycles. The van der Waals surface area contributed by atoms with Crippen molar-refractivity contribution in [2.24, 2.45) is 0 Å². The van der Waals surface area contributed by atoms with E-state index < -0.39 is 50.4 Å². The molecule has 0 spiro atoms. The molecular formula is C41H72N5O10P. The number of nitrogens with one attached hydrogen (secondary N) is 1. The number of hydrogen-bond donors (Lipinski definition) is 3. The Morgan fingerprint density at radius 2 is 1.35 bits per heavy atom. The van der Waals surface area contributed by atoms with E-state index in [2.05, 4.69) is 28.8 Å². The van der Waals surface area contributed by atoms with Gasteiger partial charge in [0.1, 0.15) is 12.8 Å². The van der Waals surface area contributed by atoms with Gasteiger partial charge < -0.3 is 24.8 Å². The third-order valence-electron chi connectivity index (χ3n) is 10.4. The number of fused-ring (bicyclic) bond motifs is 1. The third kappa shape index (κ3) is 20.6. The SMILES string of the molecule is CCCCCCCCCCCCCC(=O)OC[C@H](COP(=O)(O)OC[C@H]1CC[C@H](n2cnc3c(=O)[nH]c(N)nc32)O1)OC(=O)CCCCCCCCCCCCC. The zero-order chi connectivity index (χ0) is 41.1. The smallest absolute Gasteiger partial charge is 0.462 e. The maximum atomic E-state index is 12.9. The lowest BCUT2D eigenvalue weighted by Crippen LogP contribution is -2.29. The lowest BCUT2D eigenvalue weighted by Gasteiger charge is -2.21. The van der Waals surface area contributed by atoms with Crippen LogP contribution in [0.4, 0.5) is 5.95 Å². The molecule has 4 N–H and O–H groups in total. The zero-order valence-corrected chi connectivity index (χ0v) is 35.7. The average Bonchev–Trinajstić information content (AvgIpc) is 3.84. The molecule has 1 aliphatic rings. The highest BCUT2D eigenvalue weighted by Crippen LogP contribution is 2.44. The molecule has 1 aliphatic heterocycles. The van der Waals surface area contributed by atoms with Crippen molar-refractivity contribution < 1.29 is 42.3 Å². The summed E-state index contributed by atoms with van der Waals surface area (Å²) in [5.41, 5.74) is 5.62. The number of unbranched alkanes of at least 4 members (excludes halogenated alkanes) is 20. The number of phosphoric acid groups is 1. The van der Waals surface area contributed by atoms with Crippen LogP contribution in [0.1, 0.15) is 187 Å². The van der Waals surface area contributed by atoms with E-state index in [1.54, 1.807) is 4.57 Å². The number of hydrogen-bond acceptors (Lipinski definition) is 12.